The maximum Gasteiger partial charge on any atom is 0.416 e. The van der Waals surface area contributed by atoms with E-state index in [1.807, 2.05) is 0 Å². The zero-order valence-corrected chi connectivity index (χ0v) is 8.66. The van der Waals surface area contributed by atoms with Crippen molar-refractivity contribution in [3.8, 4) is 11.3 Å². The molecule has 2 rings (SSSR count). The molecule has 0 saturated heterocycles. The summed E-state index contributed by atoms with van der Waals surface area (Å²) >= 11 is 0. The molecule has 0 radical (unpaired) electrons. The number of nitrogens with two attached hydrogens (primary N) is 1. The predicted molar refractivity (Wildman–Crippen MR) is 54.8 cm³/mol. The van der Waals surface area contributed by atoms with E-state index in [4.69, 9.17) is 10.3 Å². The first-order valence-electron chi connectivity index (χ1n) is 4.84. The van der Waals surface area contributed by atoms with Crippen LogP contribution in [0.25, 0.3) is 11.3 Å². The van der Waals surface area contributed by atoms with Crippen LogP contribution >= 0.6 is 0 Å². The van der Waals surface area contributed by atoms with E-state index in [9.17, 15) is 13.2 Å². The van der Waals surface area contributed by atoms with Crippen LogP contribution in [-0.4, -0.2) is 5.16 Å². The van der Waals surface area contributed by atoms with Crippen LogP contribution in [0.1, 0.15) is 11.3 Å². The molecule has 0 fully saturated rings. The van der Waals surface area contributed by atoms with Gasteiger partial charge in [-0.25, -0.2) is 0 Å². The van der Waals surface area contributed by atoms with Crippen molar-refractivity contribution in [2.24, 2.45) is 5.73 Å². The van der Waals surface area contributed by atoms with Gasteiger partial charge in [0.05, 0.1) is 11.3 Å². The number of alkyl halides is 3. The third kappa shape index (κ3) is 2.47. The Kier molecular flexibility index (Phi) is 2.89. The minimum Gasteiger partial charge on any atom is -0.356 e. The fraction of sp³-hybridized carbons (Fsp3) is 0.182. The first kappa shape index (κ1) is 11.7. The van der Waals surface area contributed by atoms with Crippen LogP contribution in [0.2, 0.25) is 0 Å². The molecule has 0 aliphatic carbocycles. The number of hydrogen-bond acceptors (Lipinski definition) is 3. The lowest BCUT2D eigenvalue weighted by molar-refractivity contribution is -0.137. The molecule has 1 aromatic carbocycles. The molecular formula is C11H9F3N2O. The summed E-state index contributed by atoms with van der Waals surface area (Å²) in [6, 6.07) is 6.27. The van der Waals surface area contributed by atoms with Gasteiger partial charge in [0.25, 0.3) is 0 Å². The molecule has 0 aliphatic heterocycles. The molecule has 1 heterocycles. The number of aromatic nitrogens is 1. The van der Waals surface area contributed by atoms with Gasteiger partial charge >= 0.3 is 6.18 Å². The number of hydrogen-bond donors (Lipinski definition) is 1. The van der Waals surface area contributed by atoms with Crippen LogP contribution in [0.3, 0.4) is 0 Å². The van der Waals surface area contributed by atoms with Gasteiger partial charge in [0.15, 0.2) is 5.76 Å². The lowest BCUT2D eigenvalue weighted by Crippen LogP contribution is -2.03. The van der Waals surface area contributed by atoms with E-state index in [0.29, 0.717) is 17.0 Å². The van der Waals surface area contributed by atoms with Crippen molar-refractivity contribution in [3.63, 3.8) is 0 Å². The van der Waals surface area contributed by atoms with Gasteiger partial charge in [0.1, 0.15) is 0 Å². The molecule has 0 bridgehead atoms. The van der Waals surface area contributed by atoms with E-state index in [1.165, 1.54) is 12.1 Å². The fourth-order valence-electron chi connectivity index (χ4n) is 1.37. The Balaban J connectivity index is 2.29. The molecule has 6 heteroatoms. The average molecular weight is 242 g/mol. The van der Waals surface area contributed by atoms with E-state index >= 15 is 0 Å². The van der Waals surface area contributed by atoms with Crippen molar-refractivity contribution >= 4 is 0 Å². The van der Waals surface area contributed by atoms with Gasteiger partial charge < -0.3 is 10.3 Å². The summed E-state index contributed by atoms with van der Waals surface area (Å²) in [4.78, 5) is 0. The maximum absolute atomic E-state index is 12.3. The van der Waals surface area contributed by atoms with Crippen molar-refractivity contribution in [3.05, 3.63) is 41.6 Å². The minimum atomic E-state index is -4.33. The molecule has 3 nitrogen and oxygen atoms in total. The lowest BCUT2D eigenvalue weighted by atomic mass is 10.1. The highest BCUT2D eigenvalue weighted by Crippen LogP contribution is 2.31. The van der Waals surface area contributed by atoms with Crippen LogP contribution in [0, 0.1) is 0 Å². The van der Waals surface area contributed by atoms with Gasteiger partial charge in [-0.05, 0) is 12.1 Å². The highest BCUT2D eigenvalue weighted by molar-refractivity contribution is 5.57. The second-order valence-corrected chi connectivity index (χ2v) is 3.46. The zero-order valence-electron chi connectivity index (χ0n) is 8.66. The number of halogens is 3. The summed E-state index contributed by atoms with van der Waals surface area (Å²) in [5, 5.41) is 3.66. The van der Waals surface area contributed by atoms with Gasteiger partial charge in [-0.1, -0.05) is 17.3 Å². The van der Waals surface area contributed by atoms with Crippen LogP contribution in [0.4, 0.5) is 13.2 Å². The summed E-state index contributed by atoms with van der Waals surface area (Å²) in [6.45, 7) is 0.226. The Morgan fingerprint density at radius 2 is 1.82 bits per heavy atom. The first-order chi connectivity index (χ1) is 8.00. The smallest absolute Gasteiger partial charge is 0.356 e. The monoisotopic (exact) mass is 242 g/mol. The van der Waals surface area contributed by atoms with Gasteiger partial charge in [0, 0.05) is 18.2 Å². The average Bonchev–Trinajstić information content (AvgIpc) is 2.76. The summed E-state index contributed by atoms with van der Waals surface area (Å²) in [6.07, 6.45) is -4.33. The van der Waals surface area contributed by atoms with Gasteiger partial charge in [-0.3, -0.25) is 0 Å². The molecule has 0 aliphatic rings. The molecule has 90 valence electrons. The summed E-state index contributed by atoms with van der Waals surface area (Å²) in [7, 11) is 0. The Hall–Kier alpha value is -1.82. The number of nitrogens with zero attached hydrogens (tertiary/aromatic N) is 1. The van der Waals surface area contributed by atoms with Crippen molar-refractivity contribution in [2.45, 2.75) is 12.7 Å². The molecule has 0 unspecified atom stereocenters. The summed E-state index contributed by atoms with van der Waals surface area (Å²) < 4.78 is 41.9. The molecule has 2 aromatic rings. The third-order valence-electron chi connectivity index (χ3n) is 2.26. The van der Waals surface area contributed by atoms with Crippen LogP contribution in [0.15, 0.2) is 34.9 Å². The zero-order chi connectivity index (χ0) is 12.5. The third-order valence-corrected chi connectivity index (χ3v) is 2.26. The molecule has 2 N–H and O–H groups in total. The molecule has 0 spiro atoms. The maximum atomic E-state index is 12.3. The van der Waals surface area contributed by atoms with Crippen LogP contribution in [-0.2, 0) is 12.7 Å². The van der Waals surface area contributed by atoms with E-state index in [2.05, 4.69) is 5.16 Å². The van der Waals surface area contributed by atoms with Crippen molar-refractivity contribution in [2.75, 3.05) is 0 Å². The Morgan fingerprint density at radius 3 is 2.29 bits per heavy atom. The molecular weight excluding hydrogens is 233 g/mol. The highest BCUT2D eigenvalue weighted by atomic mass is 19.4. The van der Waals surface area contributed by atoms with Crippen LogP contribution in [0.5, 0.6) is 0 Å². The van der Waals surface area contributed by atoms with E-state index in [0.717, 1.165) is 12.1 Å². The molecule has 0 saturated carbocycles. The number of benzene rings is 1. The van der Waals surface area contributed by atoms with Gasteiger partial charge in [-0.2, -0.15) is 13.2 Å². The lowest BCUT2D eigenvalue weighted by Gasteiger charge is -2.06. The van der Waals surface area contributed by atoms with E-state index in [1.54, 1.807) is 6.07 Å². The molecule has 17 heavy (non-hydrogen) atoms. The Bertz CT molecular complexity index is 502. The van der Waals surface area contributed by atoms with E-state index < -0.39 is 11.7 Å². The Morgan fingerprint density at radius 1 is 1.18 bits per heavy atom. The standard InChI is InChI=1S/C11H9F3N2O/c12-11(13,14)8-3-1-7(2-4-8)10-5-9(6-15)16-17-10/h1-5H,6,15H2. The minimum absolute atomic E-state index is 0.226. The van der Waals surface area contributed by atoms with Gasteiger partial charge in [0.2, 0.25) is 0 Å². The topological polar surface area (TPSA) is 52.0 Å². The van der Waals surface area contributed by atoms with Crippen molar-refractivity contribution in [1.29, 1.82) is 0 Å². The number of rotatable bonds is 2. The quantitative estimate of drug-likeness (QED) is 0.880. The second kappa shape index (κ2) is 4.21. The predicted octanol–water partition coefficient (Wildman–Crippen LogP) is 2.82. The molecule has 1 aromatic heterocycles. The van der Waals surface area contributed by atoms with Crippen molar-refractivity contribution < 1.29 is 17.7 Å². The molecule has 0 amide bonds. The van der Waals surface area contributed by atoms with E-state index in [-0.39, 0.29) is 6.54 Å². The summed E-state index contributed by atoms with van der Waals surface area (Å²) in [5.74, 6) is 0.402. The Labute approximate surface area is 95.0 Å². The first-order valence-corrected chi connectivity index (χ1v) is 4.84. The SMILES string of the molecule is NCc1cc(-c2ccc(C(F)(F)F)cc2)on1. The summed E-state index contributed by atoms with van der Waals surface area (Å²) in [5.41, 5.74) is 5.74. The largest absolute Gasteiger partial charge is 0.416 e. The normalized spacial score (nSPS) is 11.8. The van der Waals surface area contributed by atoms with Crippen LogP contribution < -0.4 is 5.73 Å². The highest BCUT2D eigenvalue weighted by Gasteiger charge is 2.30. The second-order valence-electron chi connectivity index (χ2n) is 3.46. The molecule has 0 atom stereocenters. The van der Waals surface area contributed by atoms with Crippen molar-refractivity contribution in [1.82, 2.24) is 5.16 Å². The van der Waals surface area contributed by atoms with Gasteiger partial charge in [-0.15, -0.1) is 0 Å². The fourth-order valence-corrected chi connectivity index (χ4v) is 1.37.